The van der Waals surface area contributed by atoms with Crippen LogP contribution in [-0.2, 0) is 22.7 Å². The zero-order valence-corrected chi connectivity index (χ0v) is 16.4. The van der Waals surface area contributed by atoms with E-state index in [0.29, 0.717) is 18.8 Å². The van der Waals surface area contributed by atoms with E-state index in [1.165, 1.54) is 13.1 Å². The molecule has 1 aromatic heterocycles. The van der Waals surface area contributed by atoms with E-state index in [0.717, 1.165) is 54.1 Å². The zero-order valence-electron chi connectivity index (χ0n) is 16.4. The van der Waals surface area contributed by atoms with E-state index >= 15 is 0 Å². The zero-order chi connectivity index (χ0) is 20.2. The summed E-state index contributed by atoms with van der Waals surface area (Å²) >= 11 is 0. The first-order valence-electron chi connectivity index (χ1n) is 9.79. The highest BCUT2D eigenvalue weighted by atomic mass is 16.5. The quantitative estimate of drug-likeness (QED) is 0.775. The molecule has 4 rings (SSSR count). The second kappa shape index (κ2) is 8.48. The Kier molecular flexibility index (Phi) is 5.62. The first-order chi connectivity index (χ1) is 14.1. The molecule has 0 aliphatic carbocycles. The normalized spacial score (nSPS) is 19.2. The molecule has 2 aromatic rings. The maximum Gasteiger partial charge on any atom is 0.221 e. The molecule has 1 amide bonds. The minimum atomic E-state index is -0.113. The summed E-state index contributed by atoms with van der Waals surface area (Å²) in [6, 6.07) is 7.61. The molecule has 1 saturated heterocycles. The monoisotopic (exact) mass is 395 g/mol. The molecule has 1 unspecified atom stereocenters. The van der Waals surface area contributed by atoms with Crippen molar-refractivity contribution in [1.82, 2.24) is 9.78 Å². The molecule has 2 aliphatic rings. The van der Waals surface area contributed by atoms with Gasteiger partial charge in [0.2, 0.25) is 5.91 Å². The first kappa shape index (κ1) is 19.2. The molecule has 152 valence electrons. The number of benzene rings is 1. The van der Waals surface area contributed by atoms with Crippen molar-refractivity contribution in [1.29, 1.82) is 0 Å². The van der Waals surface area contributed by atoms with Gasteiger partial charge in [-0.3, -0.25) is 14.5 Å². The van der Waals surface area contributed by atoms with E-state index in [1.54, 1.807) is 6.21 Å². The van der Waals surface area contributed by atoms with E-state index in [2.05, 4.69) is 10.3 Å². The summed E-state index contributed by atoms with van der Waals surface area (Å²) in [5.41, 5.74) is 9.99. The molecule has 3 heterocycles. The third kappa shape index (κ3) is 4.48. The van der Waals surface area contributed by atoms with Gasteiger partial charge in [0.1, 0.15) is 18.6 Å². The number of rotatable bonds is 4. The molecule has 3 N–H and O–H groups in total. The number of hydrogen-bond donors (Lipinski definition) is 2. The van der Waals surface area contributed by atoms with Crippen molar-refractivity contribution < 1.29 is 14.3 Å². The van der Waals surface area contributed by atoms with Gasteiger partial charge < -0.3 is 20.5 Å². The number of fused-ring (bicyclic) bond motifs is 2. The predicted molar refractivity (Wildman–Crippen MR) is 111 cm³/mol. The molecule has 1 fully saturated rings. The molecule has 8 heteroatoms. The van der Waals surface area contributed by atoms with Crippen molar-refractivity contribution >= 4 is 23.4 Å². The lowest BCUT2D eigenvalue weighted by Crippen LogP contribution is -2.16. The minimum absolute atomic E-state index is 0.104. The van der Waals surface area contributed by atoms with Crippen LogP contribution < -0.4 is 15.8 Å². The van der Waals surface area contributed by atoms with Crippen molar-refractivity contribution in [2.45, 2.75) is 45.6 Å². The Morgan fingerprint density at radius 2 is 2.28 bits per heavy atom. The summed E-state index contributed by atoms with van der Waals surface area (Å²) in [5.74, 6) is 0.631. The van der Waals surface area contributed by atoms with Crippen molar-refractivity contribution in [3.8, 4) is 5.75 Å². The Hall–Kier alpha value is -3.13. The predicted octanol–water partition coefficient (Wildman–Crippen LogP) is 2.68. The standard InChI is InChI=1S/C21H25N5O3/c1-14(27)24-17-6-5-15-12-26-18(13-29-20(15)8-17)9-19(25-26)16(10-22)11-23-21-4-2-3-7-28-21/h5-6,8-11,21H,2-4,7,12-13,22H2,1H3,(H,24,27). The van der Waals surface area contributed by atoms with Crippen LogP contribution in [0.3, 0.4) is 0 Å². The van der Waals surface area contributed by atoms with Crippen LogP contribution in [0.25, 0.3) is 5.57 Å². The molecule has 1 atom stereocenters. The molecule has 0 radical (unpaired) electrons. The van der Waals surface area contributed by atoms with Gasteiger partial charge in [-0.25, -0.2) is 0 Å². The van der Waals surface area contributed by atoms with Gasteiger partial charge in [-0.1, -0.05) is 6.07 Å². The average molecular weight is 395 g/mol. The lowest BCUT2D eigenvalue weighted by Gasteiger charge is -2.18. The van der Waals surface area contributed by atoms with Crippen LogP contribution in [-0.4, -0.2) is 34.7 Å². The topological polar surface area (TPSA) is 104 Å². The van der Waals surface area contributed by atoms with Crippen LogP contribution in [0, 0.1) is 0 Å². The van der Waals surface area contributed by atoms with Gasteiger partial charge >= 0.3 is 0 Å². The highest BCUT2D eigenvalue weighted by Crippen LogP contribution is 2.29. The Morgan fingerprint density at radius 3 is 3.03 bits per heavy atom. The fourth-order valence-electron chi connectivity index (χ4n) is 3.46. The summed E-state index contributed by atoms with van der Waals surface area (Å²) in [6.07, 6.45) is 6.30. The van der Waals surface area contributed by atoms with Crippen LogP contribution in [0.2, 0.25) is 0 Å². The lowest BCUT2D eigenvalue weighted by atomic mass is 10.2. The van der Waals surface area contributed by atoms with Crippen LogP contribution in [0.5, 0.6) is 5.75 Å². The number of aromatic nitrogens is 2. The fourth-order valence-corrected chi connectivity index (χ4v) is 3.46. The molecule has 29 heavy (non-hydrogen) atoms. The fraction of sp³-hybridized carbons (Fsp3) is 0.381. The number of ether oxygens (including phenoxy) is 2. The van der Waals surface area contributed by atoms with Crippen molar-refractivity contribution in [3.63, 3.8) is 0 Å². The largest absolute Gasteiger partial charge is 0.487 e. The van der Waals surface area contributed by atoms with E-state index in [9.17, 15) is 4.79 Å². The second-order valence-corrected chi connectivity index (χ2v) is 7.19. The minimum Gasteiger partial charge on any atom is -0.487 e. The Labute approximate surface area is 169 Å². The molecule has 0 saturated carbocycles. The van der Waals surface area contributed by atoms with E-state index in [-0.39, 0.29) is 12.1 Å². The third-order valence-corrected chi connectivity index (χ3v) is 4.96. The van der Waals surface area contributed by atoms with Crippen LogP contribution in [0.1, 0.15) is 43.1 Å². The average Bonchev–Trinajstić information content (AvgIpc) is 3.03. The number of nitrogens with one attached hydrogen (secondary N) is 1. The molecule has 2 aliphatic heterocycles. The number of carbonyl (C=O) groups is 1. The Bertz CT molecular complexity index is 957. The van der Waals surface area contributed by atoms with Crippen molar-refractivity contribution in [2.24, 2.45) is 10.7 Å². The maximum atomic E-state index is 11.3. The second-order valence-electron chi connectivity index (χ2n) is 7.19. The van der Waals surface area contributed by atoms with Crippen LogP contribution in [0.4, 0.5) is 5.69 Å². The van der Waals surface area contributed by atoms with Gasteiger partial charge in [0.05, 0.1) is 17.9 Å². The summed E-state index contributed by atoms with van der Waals surface area (Å²) in [4.78, 5) is 15.8. The lowest BCUT2D eigenvalue weighted by molar-refractivity contribution is -0.114. The third-order valence-electron chi connectivity index (χ3n) is 4.96. The van der Waals surface area contributed by atoms with E-state index < -0.39 is 0 Å². The van der Waals surface area contributed by atoms with Crippen LogP contribution in [0.15, 0.2) is 35.5 Å². The number of anilines is 1. The van der Waals surface area contributed by atoms with Gasteiger partial charge in [0, 0.05) is 48.8 Å². The molecule has 0 spiro atoms. The number of nitrogens with zero attached hydrogens (tertiary/aromatic N) is 3. The van der Waals surface area contributed by atoms with E-state index in [1.807, 2.05) is 28.9 Å². The van der Waals surface area contributed by atoms with Crippen LogP contribution >= 0.6 is 0 Å². The van der Waals surface area contributed by atoms with Gasteiger partial charge in [0.15, 0.2) is 0 Å². The molecular formula is C21H25N5O3. The van der Waals surface area contributed by atoms with Gasteiger partial charge in [-0.05, 0) is 31.4 Å². The highest BCUT2D eigenvalue weighted by molar-refractivity contribution is 6.08. The number of nitrogens with two attached hydrogens (primary N) is 1. The summed E-state index contributed by atoms with van der Waals surface area (Å²) < 4.78 is 13.5. The Morgan fingerprint density at radius 1 is 1.38 bits per heavy atom. The number of amides is 1. The summed E-state index contributed by atoms with van der Waals surface area (Å²) in [6.45, 7) is 3.19. The Balaban J connectivity index is 1.52. The number of carbonyl (C=O) groups excluding carboxylic acids is 1. The van der Waals surface area contributed by atoms with E-state index in [4.69, 9.17) is 20.3 Å². The highest BCUT2D eigenvalue weighted by Gasteiger charge is 2.18. The van der Waals surface area contributed by atoms with Crippen molar-refractivity contribution in [2.75, 3.05) is 11.9 Å². The van der Waals surface area contributed by atoms with Crippen molar-refractivity contribution in [3.05, 3.63) is 47.4 Å². The molecular weight excluding hydrogens is 370 g/mol. The van der Waals surface area contributed by atoms with Gasteiger partial charge in [0.25, 0.3) is 0 Å². The number of hydrogen-bond acceptors (Lipinski definition) is 6. The smallest absolute Gasteiger partial charge is 0.221 e. The molecule has 0 bridgehead atoms. The molecule has 1 aromatic carbocycles. The number of allylic oxidation sites excluding steroid dienone is 1. The molecule has 8 nitrogen and oxygen atoms in total. The van der Waals surface area contributed by atoms with Gasteiger partial charge in [-0.15, -0.1) is 0 Å². The number of aliphatic imine (C=N–C) groups is 1. The summed E-state index contributed by atoms with van der Waals surface area (Å²) in [7, 11) is 0. The maximum absolute atomic E-state index is 11.3. The first-order valence-corrected chi connectivity index (χ1v) is 9.79. The van der Waals surface area contributed by atoms with Gasteiger partial charge in [-0.2, -0.15) is 5.10 Å². The SMILES string of the molecule is CC(=O)Nc1ccc2c(c1)OCc1cc(C(C=NC3CCCCO3)=CN)nn1C2. The summed E-state index contributed by atoms with van der Waals surface area (Å²) in [5, 5.41) is 7.48.